The molecule has 1 saturated heterocycles. The largest absolute Gasteiger partial charge is 0.497 e. The Kier molecular flexibility index (Phi) is 15.3. The fraction of sp³-hybridized carbons (Fsp3) is 0.542. The van der Waals surface area contributed by atoms with Crippen LogP contribution in [0.15, 0.2) is 63.5 Å². The monoisotopic (exact) mass is 991 g/mol. The molecular weight excluding hydrogens is 931 g/mol. The molecule has 5 heterocycles. The van der Waals surface area contributed by atoms with Gasteiger partial charge in [0.25, 0.3) is 10.0 Å². The van der Waals surface area contributed by atoms with E-state index in [2.05, 4.69) is 16.0 Å². The number of amides is 3. The van der Waals surface area contributed by atoms with Gasteiger partial charge >= 0.3 is 12.1 Å². The molecule has 8 rings (SSSR count). The predicted octanol–water partition coefficient (Wildman–Crippen LogP) is 7.44. The maximum atomic E-state index is 15.0. The molecule has 3 aromatic heterocycles. The smallest absolute Gasteiger partial charge is 0.408 e. The molecule has 20 heteroatoms. The average Bonchev–Trinajstić information content (AvgIpc) is 3.79. The number of rotatable bonds is 14. The van der Waals surface area contributed by atoms with Crippen LogP contribution in [0.25, 0.3) is 22.3 Å². The van der Waals surface area contributed by atoms with Gasteiger partial charge < -0.3 is 40.2 Å². The number of nitrogens with one attached hydrogen (secondary N) is 3. The number of thiophene rings is 1. The first kappa shape index (κ1) is 49.1. The molecule has 3 fully saturated rings. The Bertz CT molecular complexity index is 2600. The van der Waals surface area contributed by atoms with Crippen LogP contribution < -0.4 is 25.4 Å². The second-order valence-corrected chi connectivity index (χ2v) is 22.7. The number of hydrogen-bond acceptors (Lipinski definition) is 14. The molecule has 2 aliphatic heterocycles. The van der Waals surface area contributed by atoms with E-state index in [-0.39, 0.29) is 48.5 Å². The predicted molar refractivity (Wildman–Crippen MR) is 259 cm³/mol. The standard InChI is InChI=1S/C48H61N7O10S3/c1-29(2)49-46-51-38(28-67-46)37-24-40(34-20-19-32(63-4)22-36(34)50-37)64-33-23-39-43(56)53-48(45(58)59)25-31(48)16-11-6-5-7-12-17-35(44(57)55(39)26-33)52-47(60)65-41(30-14-9-8-10-15-30)27-54(3)68(61,62)42-18-13-21-66-42/h11,13,16,18-22,24,28-31,33,35,39,41H,5-10,12,14-15,17,23,25-27H2,1-4H3,(H,49,51)(H,52,60)(H,53,56)(H,58,59)/t31?,33-,35+,39+,41?,48-/m1/s1. The summed E-state index contributed by atoms with van der Waals surface area (Å²) in [6.07, 6.45) is 9.00. The Morgan fingerprint density at radius 1 is 1.03 bits per heavy atom. The van der Waals surface area contributed by atoms with Gasteiger partial charge in [-0.15, -0.1) is 22.7 Å². The van der Waals surface area contributed by atoms with Crippen LogP contribution in [-0.2, 0) is 29.1 Å². The number of pyridine rings is 1. The van der Waals surface area contributed by atoms with Crippen LogP contribution in [0.4, 0.5) is 9.93 Å². The number of carboxylic acid groups (broad SMARTS) is 1. The van der Waals surface area contributed by atoms with Gasteiger partial charge in [-0.05, 0) is 81.9 Å². The third-order valence-corrected chi connectivity index (χ3v) is 17.4. The van der Waals surface area contributed by atoms with E-state index in [0.29, 0.717) is 46.6 Å². The molecule has 2 unspecified atom stereocenters. The average molecular weight is 992 g/mol. The van der Waals surface area contributed by atoms with Gasteiger partial charge in [-0.2, -0.15) is 4.31 Å². The zero-order valence-corrected chi connectivity index (χ0v) is 41.3. The molecule has 0 bridgehead atoms. The number of carboxylic acids is 1. The SMILES string of the molecule is COc1ccc2c(O[C@@H]3C[C@H]4C(=O)N[C@]5(C(=O)O)CC5C=CCCCCC[C@H](NC(=O)OC(CN(C)S(=O)(=O)c5cccs5)C5CCCCC5)C(=O)N4C3)cc(-c3csc(NC(C)C)n3)nc2c1. The zero-order valence-electron chi connectivity index (χ0n) is 38.8. The molecule has 6 atom stereocenters. The molecule has 68 heavy (non-hydrogen) atoms. The third-order valence-electron chi connectivity index (χ3n) is 13.4. The number of carbonyl (C=O) groups is 4. The summed E-state index contributed by atoms with van der Waals surface area (Å²) in [5, 5.41) is 24.4. The number of aliphatic carboxylic acids is 1. The minimum Gasteiger partial charge on any atom is -0.497 e. The van der Waals surface area contributed by atoms with Crippen LogP contribution in [-0.4, -0.2) is 120 Å². The Labute approximate surface area is 405 Å². The summed E-state index contributed by atoms with van der Waals surface area (Å²) in [7, 11) is -0.801. The zero-order chi connectivity index (χ0) is 48.2. The lowest BCUT2D eigenvalue weighted by atomic mass is 9.85. The van der Waals surface area contributed by atoms with Crippen LogP contribution in [0, 0.1) is 11.8 Å². The number of alkyl carbamates (subject to hydrolysis) is 1. The number of methoxy groups -OCH3 is 1. The van der Waals surface area contributed by atoms with Crippen molar-refractivity contribution >= 4 is 72.6 Å². The fourth-order valence-electron chi connectivity index (χ4n) is 9.58. The van der Waals surface area contributed by atoms with Crippen molar-refractivity contribution in [1.29, 1.82) is 0 Å². The van der Waals surface area contributed by atoms with E-state index < -0.39 is 69.6 Å². The number of benzene rings is 1. The lowest BCUT2D eigenvalue weighted by Crippen LogP contribution is -2.56. The lowest BCUT2D eigenvalue weighted by molar-refractivity contribution is -0.145. The van der Waals surface area contributed by atoms with Gasteiger partial charge in [-0.25, -0.2) is 28.0 Å². The summed E-state index contributed by atoms with van der Waals surface area (Å²) in [5.74, 6) is -1.81. The number of hydrogen-bond donors (Lipinski definition) is 4. The van der Waals surface area contributed by atoms with E-state index in [1.807, 2.05) is 37.4 Å². The first-order valence-corrected chi connectivity index (χ1v) is 26.7. The van der Waals surface area contributed by atoms with Crippen LogP contribution in [0.2, 0.25) is 0 Å². The molecule has 17 nitrogen and oxygen atoms in total. The van der Waals surface area contributed by atoms with Crippen molar-refractivity contribution < 1.29 is 46.9 Å². The lowest BCUT2D eigenvalue weighted by Gasteiger charge is -2.33. The highest BCUT2D eigenvalue weighted by atomic mass is 32.2. The summed E-state index contributed by atoms with van der Waals surface area (Å²) >= 11 is 2.56. The van der Waals surface area contributed by atoms with Gasteiger partial charge in [0.05, 0.1) is 31.4 Å². The van der Waals surface area contributed by atoms with Gasteiger partial charge in [0.1, 0.15) is 51.2 Å². The molecule has 2 aliphatic carbocycles. The molecule has 366 valence electrons. The molecule has 0 radical (unpaired) electrons. The number of thiazole rings is 1. The number of carbonyl (C=O) groups excluding carboxylic acids is 3. The molecular formula is C48H61N7O10S3. The normalized spacial score (nSPS) is 24.4. The van der Waals surface area contributed by atoms with Gasteiger partial charge in [0, 0.05) is 48.3 Å². The first-order chi connectivity index (χ1) is 32.6. The highest BCUT2D eigenvalue weighted by Gasteiger charge is 2.61. The Morgan fingerprint density at radius 2 is 1.81 bits per heavy atom. The van der Waals surface area contributed by atoms with E-state index >= 15 is 4.79 Å². The minimum atomic E-state index is -3.85. The molecule has 4 aliphatic rings. The Balaban J connectivity index is 1.08. The maximum Gasteiger partial charge on any atom is 0.408 e. The van der Waals surface area contributed by atoms with Gasteiger partial charge in [-0.3, -0.25) is 9.59 Å². The second-order valence-electron chi connectivity index (χ2n) is 18.6. The highest BCUT2D eigenvalue weighted by Crippen LogP contribution is 2.46. The second kappa shape index (κ2) is 21.1. The number of anilines is 1. The first-order valence-electron chi connectivity index (χ1n) is 23.5. The summed E-state index contributed by atoms with van der Waals surface area (Å²) in [6.45, 7) is 3.93. The number of likely N-dealkylation sites (N-methyl/N-ethyl adjacent to an activating group) is 1. The maximum absolute atomic E-state index is 15.0. The van der Waals surface area contributed by atoms with Crippen molar-refractivity contribution in [1.82, 2.24) is 29.8 Å². The van der Waals surface area contributed by atoms with E-state index in [1.165, 1.54) is 27.6 Å². The molecule has 2 saturated carbocycles. The molecule has 4 N–H and O–H groups in total. The molecule has 0 spiro atoms. The van der Waals surface area contributed by atoms with Crippen molar-refractivity contribution in [3.05, 3.63) is 59.3 Å². The van der Waals surface area contributed by atoms with Crippen molar-refractivity contribution in [2.45, 2.75) is 131 Å². The Hall–Kier alpha value is -5.31. The van der Waals surface area contributed by atoms with Crippen molar-refractivity contribution in [3.8, 4) is 22.9 Å². The van der Waals surface area contributed by atoms with Crippen molar-refractivity contribution in [3.63, 3.8) is 0 Å². The quantitative estimate of drug-likeness (QED) is 0.0905. The minimum absolute atomic E-state index is 0.0220. The third kappa shape index (κ3) is 11.1. The van der Waals surface area contributed by atoms with Gasteiger partial charge in [0.2, 0.25) is 11.8 Å². The van der Waals surface area contributed by atoms with Crippen LogP contribution >= 0.6 is 22.7 Å². The number of ether oxygens (including phenoxy) is 3. The number of allylic oxidation sites excluding steroid dienone is 1. The highest BCUT2D eigenvalue weighted by molar-refractivity contribution is 7.91. The van der Waals surface area contributed by atoms with Crippen LogP contribution in [0.5, 0.6) is 11.5 Å². The fourth-order valence-corrected chi connectivity index (χ4v) is 12.8. The van der Waals surface area contributed by atoms with E-state index in [0.717, 1.165) is 61.4 Å². The van der Waals surface area contributed by atoms with Crippen LogP contribution in [0.1, 0.15) is 90.9 Å². The molecule has 3 amide bonds. The number of sulfonamides is 1. The topological polar surface area (TPSA) is 219 Å². The van der Waals surface area contributed by atoms with E-state index in [9.17, 15) is 27.9 Å². The van der Waals surface area contributed by atoms with Crippen molar-refractivity contribution in [2.24, 2.45) is 11.8 Å². The van der Waals surface area contributed by atoms with Gasteiger partial charge in [-0.1, -0.05) is 50.3 Å². The van der Waals surface area contributed by atoms with E-state index in [4.69, 9.17) is 24.2 Å². The number of fused-ring (bicyclic) bond motifs is 3. The van der Waals surface area contributed by atoms with Gasteiger partial charge in [0.15, 0.2) is 5.13 Å². The number of nitrogens with zero attached hydrogens (tertiary/aromatic N) is 4. The van der Waals surface area contributed by atoms with E-state index in [1.54, 1.807) is 42.8 Å². The molecule has 1 aromatic carbocycles. The Morgan fingerprint density at radius 3 is 2.54 bits per heavy atom. The number of aromatic nitrogens is 2. The summed E-state index contributed by atoms with van der Waals surface area (Å²) < 4.78 is 46.9. The summed E-state index contributed by atoms with van der Waals surface area (Å²) in [4.78, 5) is 67.5. The summed E-state index contributed by atoms with van der Waals surface area (Å²) in [5.41, 5.74) is 0.213. The van der Waals surface area contributed by atoms with Crippen molar-refractivity contribution in [2.75, 3.05) is 32.6 Å². The molecule has 4 aromatic rings. The summed E-state index contributed by atoms with van der Waals surface area (Å²) in [6, 6.07) is 8.30. The van der Waals surface area contributed by atoms with Crippen LogP contribution in [0.3, 0.4) is 0 Å².